The zero-order valence-corrected chi connectivity index (χ0v) is 17.2. The molecule has 0 saturated heterocycles. The van der Waals surface area contributed by atoms with Gasteiger partial charge in [-0.1, -0.05) is 6.07 Å². The highest BCUT2D eigenvalue weighted by atomic mass is 19.1. The van der Waals surface area contributed by atoms with E-state index in [0.29, 0.717) is 6.04 Å². The van der Waals surface area contributed by atoms with Crippen LogP contribution in [0.15, 0.2) is 67.1 Å². The lowest BCUT2D eigenvalue weighted by molar-refractivity contribution is 0.116. The second-order valence-electron chi connectivity index (χ2n) is 8.22. The number of fused-ring (bicyclic) bond motifs is 1. The third kappa shape index (κ3) is 4.22. The van der Waals surface area contributed by atoms with Gasteiger partial charge in [0.2, 0.25) is 0 Å². The highest BCUT2D eigenvalue weighted by Gasteiger charge is 2.19. The molecule has 3 heterocycles. The topological polar surface area (TPSA) is 62.5 Å². The number of rotatable bonds is 5. The van der Waals surface area contributed by atoms with Gasteiger partial charge in [0.15, 0.2) is 0 Å². The monoisotopic (exact) mass is 416 g/mol. The maximum Gasteiger partial charge on any atom is 0.123 e. The van der Waals surface area contributed by atoms with Crippen molar-refractivity contribution in [1.29, 1.82) is 0 Å². The van der Waals surface area contributed by atoms with Crippen LogP contribution in [-0.4, -0.2) is 31.9 Å². The van der Waals surface area contributed by atoms with Crippen molar-refractivity contribution in [1.82, 2.24) is 19.9 Å². The van der Waals surface area contributed by atoms with Crippen LogP contribution in [0.1, 0.15) is 31.2 Å². The molecule has 5 nitrogen and oxygen atoms in total. The Morgan fingerprint density at radius 2 is 1.68 bits per heavy atom. The number of halogens is 1. The van der Waals surface area contributed by atoms with Gasteiger partial charge in [-0.3, -0.25) is 4.98 Å². The summed E-state index contributed by atoms with van der Waals surface area (Å²) >= 11 is 0. The van der Waals surface area contributed by atoms with Crippen LogP contribution >= 0.6 is 0 Å². The molecule has 1 saturated carbocycles. The molecular weight excluding hydrogens is 391 g/mol. The summed E-state index contributed by atoms with van der Waals surface area (Å²) in [6.45, 7) is 0.757. The molecule has 1 aromatic carbocycles. The summed E-state index contributed by atoms with van der Waals surface area (Å²) in [5, 5.41) is 18.2. The van der Waals surface area contributed by atoms with Crippen LogP contribution < -0.4 is 5.32 Å². The smallest absolute Gasteiger partial charge is 0.123 e. The van der Waals surface area contributed by atoms with Crippen LogP contribution in [0.25, 0.3) is 27.9 Å². The lowest BCUT2D eigenvalue weighted by atomic mass is 9.93. The molecule has 0 atom stereocenters. The average molecular weight is 417 g/mol. The Morgan fingerprint density at radius 3 is 2.42 bits per heavy atom. The van der Waals surface area contributed by atoms with Crippen molar-refractivity contribution in [2.45, 2.75) is 44.4 Å². The molecule has 1 fully saturated rings. The fraction of sp³-hybridized carbons (Fsp3) is 0.280. The van der Waals surface area contributed by atoms with Crippen molar-refractivity contribution >= 4 is 5.52 Å². The van der Waals surface area contributed by atoms with Crippen LogP contribution in [0.3, 0.4) is 0 Å². The molecule has 31 heavy (non-hydrogen) atoms. The van der Waals surface area contributed by atoms with Crippen molar-refractivity contribution in [3.8, 4) is 22.4 Å². The number of aliphatic hydroxyl groups excluding tert-OH is 1. The van der Waals surface area contributed by atoms with E-state index < -0.39 is 0 Å². The maximum atomic E-state index is 13.5. The summed E-state index contributed by atoms with van der Waals surface area (Å²) in [5.41, 5.74) is 5.86. The minimum Gasteiger partial charge on any atom is -0.393 e. The Labute approximate surface area is 180 Å². The molecule has 0 unspecified atom stereocenters. The van der Waals surface area contributed by atoms with E-state index in [9.17, 15) is 9.50 Å². The van der Waals surface area contributed by atoms with Crippen molar-refractivity contribution in [2.24, 2.45) is 0 Å². The largest absolute Gasteiger partial charge is 0.393 e. The van der Waals surface area contributed by atoms with E-state index in [4.69, 9.17) is 5.10 Å². The fourth-order valence-corrected chi connectivity index (χ4v) is 4.35. The van der Waals surface area contributed by atoms with Gasteiger partial charge in [0.25, 0.3) is 0 Å². The van der Waals surface area contributed by atoms with Crippen LogP contribution in [0, 0.1) is 5.82 Å². The molecule has 158 valence electrons. The molecule has 1 aliphatic rings. The maximum absolute atomic E-state index is 13.5. The Bertz CT molecular complexity index is 1170. The SMILES string of the molecule is OC1CCC(NCc2ccc3c(-c4ccncc4)c(-c4ccc(F)cc4)nn3c2)CC1. The third-order valence-electron chi connectivity index (χ3n) is 6.07. The molecule has 0 amide bonds. The van der Waals surface area contributed by atoms with E-state index in [2.05, 4.69) is 28.6 Å². The first-order valence-corrected chi connectivity index (χ1v) is 10.8. The standard InChI is InChI=1S/C25H25FN4O/c26-20-4-2-19(3-5-20)25-24(18-11-13-27-14-12-18)23-10-1-17(16-30(23)29-25)15-28-21-6-8-22(31)9-7-21/h1-5,10-14,16,21-22,28,31H,6-9,15H2. The first kappa shape index (κ1) is 19.8. The van der Waals surface area contributed by atoms with Crippen molar-refractivity contribution in [3.63, 3.8) is 0 Å². The number of nitrogens with one attached hydrogen (secondary N) is 1. The van der Waals surface area contributed by atoms with Gasteiger partial charge < -0.3 is 10.4 Å². The molecule has 5 rings (SSSR count). The first-order valence-electron chi connectivity index (χ1n) is 10.8. The van der Waals surface area contributed by atoms with Gasteiger partial charge in [-0.05, 0) is 79.3 Å². The van der Waals surface area contributed by atoms with Gasteiger partial charge in [0.1, 0.15) is 11.5 Å². The molecule has 0 bridgehead atoms. The Morgan fingerprint density at radius 1 is 0.935 bits per heavy atom. The van der Waals surface area contributed by atoms with Gasteiger partial charge in [-0.15, -0.1) is 0 Å². The molecular formula is C25H25FN4O. The molecule has 2 N–H and O–H groups in total. The highest BCUT2D eigenvalue weighted by molar-refractivity contribution is 5.92. The second kappa shape index (κ2) is 8.57. The zero-order chi connectivity index (χ0) is 21.2. The van der Waals surface area contributed by atoms with E-state index in [0.717, 1.165) is 65.7 Å². The molecule has 0 spiro atoms. The van der Waals surface area contributed by atoms with Gasteiger partial charge >= 0.3 is 0 Å². The second-order valence-corrected chi connectivity index (χ2v) is 8.22. The molecule has 0 radical (unpaired) electrons. The number of aromatic nitrogens is 3. The number of benzene rings is 1. The third-order valence-corrected chi connectivity index (χ3v) is 6.07. The molecule has 4 aromatic rings. The predicted octanol–water partition coefficient (Wildman–Crippen LogP) is 4.60. The van der Waals surface area contributed by atoms with E-state index >= 15 is 0 Å². The minimum atomic E-state index is -0.262. The van der Waals surface area contributed by atoms with Gasteiger partial charge in [-0.2, -0.15) is 5.10 Å². The van der Waals surface area contributed by atoms with Gasteiger partial charge in [-0.25, -0.2) is 8.91 Å². The van der Waals surface area contributed by atoms with Crippen LogP contribution in [0.2, 0.25) is 0 Å². The highest BCUT2D eigenvalue weighted by Crippen LogP contribution is 2.35. The van der Waals surface area contributed by atoms with E-state index in [1.165, 1.54) is 12.1 Å². The van der Waals surface area contributed by atoms with Crippen LogP contribution in [-0.2, 0) is 6.54 Å². The zero-order valence-electron chi connectivity index (χ0n) is 17.2. The summed E-state index contributed by atoms with van der Waals surface area (Å²) in [7, 11) is 0. The predicted molar refractivity (Wildman–Crippen MR) is 119 cm³/mol. The fourth-order valence-electron chi connectivity index (χ4n) is 4.35. The summed E-state index contributed by atoms with van der Waals surface area (Å²) in [6.07, 6.45) is 9.20. The lowest BCUT2D eigenvalue weighted by Crippen LogP contribution is -2.34. The van der Waals surface area contributed by atoms with E-state index in [1.807, 2.05) is 16.6 Å². The molecule has 1 aliphatic carbocycles. The van der Waals surface area contributed by atoms with Crippen molar-refractivity contribution < 1.29 is 9.50 Å². The van der Waals surface area contributed by atoms with E-state index in [-0.39, 0.29) is 11.9 Å². The van der Waals surface area contributed by atoms with E-state index in [1.54, 1.807) is 24.5 Å². The number of aliphatic hydroxyl groups is 1. The van der Waals surface area contributed by atoms with Gasteiger partial charge in [0.05, 0.1) is 11.6 Å². The normalized spacial score (nSPS) is 19.0. The van der Waals surface area contributed by atoms with Crippen molar-refractivity contribution in [3.05, 3.63) is 78.5 Å². The minimum absolute atomic E-state index is 0.144. The number of hydrogen-bond acceptors (Lipinski definition) is 4. The van der Waals surface area contributed by atoms with Crippen LogP contribution in [0.5, 0.6) is 0 Å². The Hall–Kier alpha value is -3.09. The molecule has 6 heteroatoms. The Balaban J connectivity index is 1.49. The summed E-state index contributed by atoms with van der Waals surface area (Å²) in [4.78, 5) is 4.14. The number of pyridine rings is 2. The summed E-state index contributed by atoms with van der Waals surface area (Å²) < 4.78 is 15.4. The molecule has 0 aliphatic heterocycles. The summed E-state index contributed by atoms with van der Waals surface area (Å²) in [5.74, 6) is -0.262. The molecule has 3 aromatic heterocycles. The van der Waals surface area contributed by atoms with Gasteiger partial charge in [0, 0.05) is 42.3 Å². The number of nitrogens with zero attached hydrogens (tertiary/aromatic N) is 3. The quantitative estimate of drug-likeness (QED) is 0.499. The number of hydrogen-bond donors (Lipinski definition) is 2. The van der Waals surface area contributed by atoms with Crippen molar-refractivity contribution in [2.75, 3.05) is 0 Å². The Kier molecular flexibility index (Phi) is 5.49. The first-order chi connectivity index (χ1) is 15.2. The van der Waals surface area contributed by atoms with Crippen LogP contribution in [0.4, 0.5) is 4.39 Å². The summed E-state index contributed by atoms with van der Waals surface area (Å²) in [6, 6.07) is 15.1. The lowest BCUT2D eigenvalue weighted by Gasteiger charge is -2.26. The average Bonchev–Trinajstić information content (AvgIpc) is 3.18.